The average Bonchev–Trinajstić information content (AvgIpc) is 2.96. The monoisotopic (exact) mass is 417 g/mol. The number of fused-ring (bicyclic) bond motifs is 1. The first-order chi connectivity index (χ1) is 12.6. The number of aliphatic hydroxyl groups excluding tert-OH is 1. The minimum absolute atomic E-state index is 0.140. The molecule has 27 heavy (non-hydrogen) atoms. The summed E-state index contributed by atoms with van der Waals surface area (Å²) >= 11 is 0. The second kappa shape index (κ2) is 7.54. The fourth-order valence-electron chi connectivity index (χ4n) is 4.16. The van der Waals surface area contributed by atoms with Crippen molar-refractivity contribution in [1.82, 2.24) is 4.90 Å². The van der Waals surface area contributed by atoms with E-state index in [1.807, 2.05) is 0 Å². The molecule has 0 radical (unpaired) electrons. The molecule has 0 saturated carbocycles. The normalized spacial score (nSPS) is 21.6. The SMILES string of the molecule is O=P(O)(O)C1(P(=O)(O)O)C(C(O)CCN2CCCCC2)=Cc2ccccc21. The van der Waals surface area contributed by atoms with Crippen LogP contribution >= 0.6 is 15.2 Å². The largest absolute Gasteiger partial charge is 0.389 e. The molecule has 2 aliphatic rings. The van der Waals surface area contributed by atoms with Crippen LogP contribution in [0.3, 0.4) is 0 Å². The van der Waals surface area contributed by atoms with Gasteiger partial charge in [0.2, 0.25) is 4.90 Å². The lowest BCUT2D eigenvalue weighted by Crippen LogP contribution is -2.36. The molecule has 1 saturated heterocycles. The molecule has 150 valence electrons. The van der Waals surface area contributed by atoms with Crippen LogP contribution in [0.2, 0.25) is 0 Å². The van der Waals surface area contributed by atoms with E-state index < -0.39 is 26.2 Å². The van der Waals surface area contributed by atoms with Crippen molar-refractivity contribution in [3.63, 3.8) is 0 Å². The number of rotatable bonds is 6. The molecule has 3 rings (SSSR count). The fraction of sp³-hybridized carbons (Fsp3) is 0.529. The van der Waals surface area contributed by atoms with Gasteiger partial charge in [0.1, 0.15) is 0 Å². The van der Waals surface area contributed by atoms with Crippen LogP contribution in [0.5, 0.6) is 0 Å². The van der Waals surface area contributed by atoms with E-state index >= 15 is 0 Å². The molecular formula is C17H25NO7P2. The lowest BCUT2D eigenvalue weighted by molar-refractivity contribution is 0.151. The van der Waals surface area contributed by atoms with E-state index in [0.29, 0.717) is 12.1 Å². The molecule has 8 nitrogen and oxygen atoms in total. The van der Waals surface area contributed by atoms with Crippen molar-refractivity contribution in [1.29, 1.82) is 0 Å². The highest BCUT2D eigenvalue weighted by molar-refractivity contribution is 7.72. The van der Waals surface area contributed by atoms with Crippen molar-refractivity contribution >= 4 is 21.3 Å². The zero-order valence-corrected chi connectivity index (χ0v) is 16.6. The summed E-state index contributed by atoms with van der Waals surface area (Å²) in [7, 11) is -10.7. The molecule has 1 aromatic carbocycles. The van der Waals surface area contributed by atoms with Crippen molar-refractivity contribution in [2.45, 2.75) is 36.7 Å². The van der Waals surface area contributed by atoms with Crippen molar-refractivity contribution < 1.29 is 33.8 Å². The van der Waals surface area contributed by atoms with Crippen LogP contribution in [-0.4, -0.2) is 55.3 Å². The molecule has 1 aromatic rings. The van der Waals surface area contributed by atoms with Gasteiger partial charge < -0.3 is 29.6 Å². The van der Waals surface area contributed by atoms with Gasteiger partial charge in [-0.1, -0.05) is 36.8 Å². The van der Waals surface area contributed by atoms with E-state index in [9.17, 15) is 33.8 Å². The molecule has 1 aliphatic carbocycles. The summed E-state index contributed by atoms with van der Waals surface area (Å²) in [4.78, 5) is 39.5. The summed E-state index contributed by atoms with van der Waals surface area (Å²) in [6, 6.07) is 5.91. The third-order valence-electron chi connectivity index (χ3n) is 5.42. The van der Waals surface area contributed by atoms with Crippen LogP contribution in [0.15, 0.2) is 29.8 Å². The van der Waals surface area contributed by atoms with Crippen molar-refractivity contribution in [3.8, 4) is 0 Å². The zero-order valence-electron chi connectivity index (χ0n) is 14.8. The Kier molecular flexibility index (Phi) is 5.84. The predicted molar refractivity (Wildman–Crippen MR) is 101 cm³/mol. The Morgan fingerprint density at radius 1 is 1.00 bits per heavy atom. The van der Waals surface area contributed by atoms with Crippen LogP contribution in [-0.2, 0) is 14.0 Å². The van der Waals surface area contributed by atoms with Crippen LogP contribution in [0.4, 0.5) is 0 Å². The summed E-state index contributed by atoms with van der Waals surface area (Å²) in [5.41, 5.74) is -0.141. The Balaban J connectivity index is 1.99. The molecule has 1 fully saturated rings. The quantitative estimate of drug-likeness (QED) is 0.442. The van der Waals surface area contributed by atoms with E-state index in [1.165, 1.54) is 24.3 Å². The number of hydrogen-bond acceptors (Lipinski definition) is 4. The number of likely N-dealkylation sites (tertiary alicyclic amines) is 1. The Morgan fingerprint density at radius 3 is 2.19 bits per heavy atom. The number of benzene rings is 1. The van der Waals surface area contributed by atoms with E-state index in [4.69, 9.17) is 0 Å². The Bertz CT molecular complexity index is 800. The van der Waals surface area contributed by atoms with Gasteiger partial charge in [0.25, 0.3) is 0 Å². The van der Waals surface area contributed by atoms with Crippen LogP contribution in [0.25, 0.3) is 6.08 Å². The van der Waals surface area contributed by atoms with Gasteiger partial charge in [0, 0.05) is 6.54 Å². The Labute approximate surface area is 157 Å². The van der Waals surface area contributed by atoms with Gasteiger partial charge in [0.05, 0.1) is 6.10 Å². The molecule has 0 spiro atoms. The second-order valence-electron chi connectivity index (χ2n) is 7.15. The summed E-state index contributed by atoms with van der Waals surface area (Å²) in [5, 5.41) is 10.7. The topological polar surface area (TPSA) is 139 Å². The second-order valence-corrected chi connectivity index (χ2v) is 11.0. The van der Waals surface area contributed by atoms with Gasteiger partial charge in [-0.05, 0) is 49.1 Å². The molecule has 10 heteroatoms. The maximum Gasteiger partial charge on any atom is 0.352 e. The Hall–Kier alpha value is -0.820. The Morgan fingerprint density at radius 2 is 1.59 bits per heavy atom. The minimum atomic E-state index is -5.37. The highest BCUT2D eigenvalue weighted by atomic mass is 31.2. The van der Waals surface area contributed by atoms with Gasteiger partial charge in [-0.25, -0.2) is 0 Å². The van der Waals surface area contributed by atoms with Crippen molar-refractivity contribution in [2.75, 3.05) is 19.6 Å². The summed E-state index contributed by atoms with van der Waals surface area (Å²) in [6.45, 7) is 2.26. The standard InChI is InChI=1S/C17H25NO7P2/c19-16(8-11-18-9-4-1-5-10-18)15-12-13-6-2-3-7-14(13)17(15,26(20,21)22)27(23,24)25/h2-3,6-7,12,16,19H,1,4-5,8-11H2,(H2,20,21,22)(H2,23,24,25). The van der Waals surface area contributed by atoms with Crippen molar-refractivity contribution in [3.05, 3.63) is 41.0 Å². The first-order valence-electron chi connectivity index (χ1n) is 8.92. The molecule has 0 aromatic heterocycles. The first kappa shape index (κ1) is 20.9. The zero-order chi connectivity index (χ0) is 19.9. The molecular weight excluding hydrogens is 392 g/mol. The molecule has 5 N–H and O–H groups in total. The van der Waals surface area contributed by atoms with Gasteiger partial charge in [-0.3, -0.25) is 9.13 Å². The van der Waals surface area contributed by atoms with Gasteiger partial charge in [-0.2, -0.15) is 0 Å². The third-order valence-corrected chi connectivity index (χ3v) is 9.67. The number of hydrogen-bond donors (Lipinski definition) is 5. The highest BCUT2D eigenvalue weighted by Gasteiger charge is 2.67. The van der Waals surface area contributed by atoms with E-state index in [2.05, 4.69) is 4.90 Å². The third kappa shape index (κ3) is 3.61. The van der Waals surface area contributed by atoms with Gasteiger partial charge in [0.15, 0.2) is 0 Å². The van der Waals surface area contributed by atoms with Gasteiger partial charge in [-0.15, -0.1) is 0 Å². The van der Waals surface area contributed by atoms with Crippen LogP contribution in [0, 0.1) is 0 Å². The number of nitrogens with zero attached hydrogens (tertiary/aromatic N) is 1. The maximum atomic E-state index is 12.4. The average molecular weight is 417 g/mol. The van der Waals surface area contributed by atoms with Gasteiger partial charge >= 0.3 is 15.2 Å². The molecule has 0 bridgehead atoms. The summed E-state index contributed by atoms with van der Waals surface area (Å²) in [6.07, 6.45) is 3.34. The van der Waals surface area contributed by atoms with E-state index in [-0.39, 0.29) is 17.6 Å². The fourth-order valence-corrected chi connectivity index (χ4v) is 7.65. The summed E-state index contributed by atoms with van der Waals surface area (Å²) in [5.74, 6) is 0. The van der Waals surface area contributed by atoms with Crippen molar-refractivity contribution in [2.24, 2.45) is 0 Å². The molecule has 1 unspecified atom stereocenters. The maximum absolute atomic E-state index is 12.4. The van der Waals surface area contributed by atoms with Crippen LogP contribution < -0.4 is 0 Å². The predicted octanol–water partition coefficient (Wildman–Crippen LogP) is 1.83. The molecule has 1 heterocycles. The van der Waals surface area contributed by atoms with Crippen LogP contribution in [0.1, 0.15) is 36.8 Å². The lowest BCUT2D eigenvalue weighted by Gasteiger charge is -2.36. The first-order valence-corrected chi connectivity index (χ1v) is 12.1. The molecule has 1 aliphatic heterocycles. The van der Waals surface area contributed by atoms with E-state index in [0.717, 1.165) is 32.4 Å². The lowest BCUT2D eigenvalue weighted by atomic mass is 10.0. The number of piperidine rings is 1. The molecule has 0 amide bonds. The van der Waals surface area contributed by atoms with E-state index in [1.54, 1.807) is 6.07 Å². The summed E-state index contributed by atoms with van der Waals surface area (Å²) < 4.78 is 24.9. The smallest absolute Gasteiger partial charge is 0.352 e. The molecule has 1 atom stereocenters. The highest BCUT2D eigenvalue weighted by Crippen LogP contribution is 2.80. The number of aliphatic hydroxyl groups is 1. The minimum Gasteiger partial charge on any atom is -0.389 e.